The van der Waals surface area contributed by atoms with Gasteiger partial charge < -0.3 is 4.13 Å². The van der Waals surface area contributed by atoms with Gasteiger partial charge in [-0.05, 0) is 25.1 Å². The Morgan fingerprint density at radius 2 is 1.46 bits per heavy atom. The monoisotopic (exact) mass is 362 g/mol. The van der Waals surface area contributed by atoms with E-state index in [1.807, 2.05) is 0 Å². The van der Waals surface area contributed by atoms with Crippen LogP contribution in [-0.2, 0) is 20.0 Å². The second kappa shape index (κ2) is 7.46. The molecule has 0 bridgehead atoms. The molecule has 0 fully saturated rings. The second-order valence-electron chi connectivity index (χ2n) is 4.59. The first-order valence-electron chi connectivity index (χ1n) is 6.17. The summed E-state index contributed by atoms with van der Waals surface area (Å²) in [6.45, 7) is 1.74. The van der Waals surface area contributed by atoms with Crippen LogP contribution in [0.3, 0.4) is 0 Å². The fraction of sp³-hybridized carbons (Fsp3) is 0.0769. The summed E-state index contributed by atoms with van der Waals surface area (Å²) in [6.07, 6.45) is 0. The SMILES string of the molecule is Cc1ccc(S(=O)(=O)[N-]S(=O)(=O)c2cccc([N+](=O)[O-])c2)cc1.[Li+]. The molecular weight excluding hydrogens is 351 g/mol. The van der Waals surface area contributed by atoms with Crippen LogP contribution in [0, 0.1) is 17.0 Å². The quantitative estimate of drug-likeness (QED) is 0.396. The minimum absolute atomic E-state index is 0. The van der Waals surface area contributed by atoms with Crippen molar-refractivity contribution in [2.24, 2.45) is 0 Å². The van der Waals surface area contributed by atoms with Crippen molar-refractivity contribution in [3.63, 3.8) is 0 Å². The summed E-state index contributed by atoms with van der Waals surface area (Å²) >= 11 is 0. The van der Waals surface area contributed by atoms with Gasteiger partial charge in [0.1, 0.15) is 20.0 Å². The summed E-state index contributed by atoms with van der Waals surface area (Å²) in [5.74, 6) is 0. The molecule has 0 unspecified atom stereocenters. The van der Waals surface area contributed by atoms with Gasteiger partial charge in [0.05, 0.1) is 9.82 Å². The second-order valence-corrected chi connectivity index (χ2v) is 8.03. The van der Waals surface area contributed by atoms with Gasteiger partial charge in [-0.1, -0.05) is 23.8 Å². The van der Waals surface area contributed by atoms with Crippen molar-refractivity contribution in [3.05, 3.63) is 68.3 Å². The Balaban J connectivity index is 0.00000288. The maximum atomic E-state index is 12.1. The Morgan fingerprint density at radius 1 is 0.917 bits per heavy atom. The smallest absolute Gasteiger partial charge is 0.428 e. The van der Waals surface area contributed by atoms with Crippen molar-refractivity contribution in [2.75, 3.05) is 0 Å². The van der Waals surface area contributed by atoms with Crippen molar-refractivity contribution in [1.29, 1.82) is 0 Å². The molecule has 0 radical (unpaired) electrons. The Morgan fingerprint density at radius 3 is 2.00 bits per heavy atom. The van der Waals surface area contributed by atoms with Gasteiger partial charge in [0.2, 0.25) is 0 Å². The van der Waals surface area contributed by atoms with Crippen LogP contribution in [0.1, 0.15) is 5.56 Å². The Bertz CT molecular complexity index is 956. The number of sulfonamides is 2. The van der Waals surface area contributed by atoms with E-state index >= 15 is 0 Å². The van der Waals surface area contributed by atoms with Gasteiger partial charge in [0.15, 0.2) is 0 Å². The van der Waals surface area contributed by atoms with Gasteiger partial charge >= 0.3 is 18.9 Å². The van der Waals surface area contributed by atoms with Gasteiger partial charge in [-0.25, -0.2) is 16.8 Å². The minimum Gasteiger partial charge on any atom is -0.428 e. The van der Waals surface area contributed by atoms with Crippen LogP contribution in [0.15, 0.2) is 58.3 Å². The third kappa shape index (κ3) is 4.65. The van der Waals surface area contributed by atoms with Crippen molar-refractivity contribution in [3.8, 4) is 0 Å². The number of nitrogens with zero attached hydrogens (tertiary/aromatic N) is 2. The average molecular weight is 362 g/mol. The number of rotatable bonds is 5. The predicted octanol–water partition coefficient (Wildman–Crippen LogP) is -0.641. The Kier molecular flexibility index (Phi) is 6.32. The molecule has 0 aliphatic rings. The summed E-state index contributed by atoms with van der Waals surface area (Å²) in [7, 11) is -9.05. The zero-order valence-electron chi connectivity index (χ0n) is 12.8. The van der Waals surface area contributed by atoms with Crippen molar-refractivity contribution < 1.29 is 40.6 Å². The zero-order chi connectivity index (χ0) is 17.3. The van der Waals surface area contributed by atoms with Gasteiger partial charge in [-0.2, -0.15) is 0 Å². The van der Waals surface area contributed by atoms with Gasteiger partial charge in [-0.3, -0.25) is 10.1 Å². The number of hydrogen-bond donors (Lipinski definition) is 0. The number of benzene rings is 2. The van der Waals surface area contributed by atoms with Gasteiger partial charge in [0.25, 0.3) is 5.69 Å². The van der Waals surface area contributed by atoms with Crippen LogP contribution in [-0.4, -0.2) is 21.8 Å². The van der Waals surface area contributed by atoms with E-state index in [1.54, 1.807) is 6.92 Å². The molecule has 0 aliphatic heterocycles. The molecule has 2 aromatic carbocycles. The standard InChI is InChI=1S/C13H11N2O6S2.Li/c1-10-5-7-12(8-6-10)22(18,19)14-23(20,21)13-4-2-3-11(9-13)15(16)17;/h2-9H,1H3;/q-1;+1. The summed E-state index contributed by atoms with van der Waals surface area (Å²) < 4.78 is 51.3. The van der Waals surface area contributed by atoms with E-state index < -0.39 is 35.6 Å². The van der Waals surface area contributed by atoms with Crippen molar-refractivity contribution in [2.45, 2.75) is 16.7 Å². The van der Waals surface area contributed by atoms with Crippen molar-refractivity contribution >= 4 is 25.7 Å². The topological polar surface area (TPSA) is 126 Å². The molecule has 2 rings (SSSR count). The third-order valence-electron chi connectivity index (χ3n) is 2.84. The number of non-ortho nitro benzene ring substituents is 1. The van der Waals surface area contributed by atoms with Crippen molar-refractivity contribution in [1.82, 2.24) is 0 Å². The molecule has 24 heavy (non-hydrogen) atoms. The number of aryl methyl sites for hydroxylation is 1. The molecule has 0 aromatic heterocycles. The van der Waals surface area contributed by atoms with Gasteiger partial charge in [0, 0.05) is 17.0 Å². The zero-order valence-corrected chi connectivity index (χ0v) is 14.4. The van der Waals surface area contributed by atoms with E-state index in [2.05, 4.69) is 4.13 Å². The van der Waals surface area contributed by atoms with Crippen LogP contribution in [0.25, 0.3) is 4.13 Å². The van der Waals surface area contributed by atoms with Crippen LogP contribution in [0.4, 0.5) is 5.69 Å². The first kappa shape index (κ1) is 20.3. The molecule has 0 aliphatic carbocycles. The molecule has 8 nitrogen and oxygen atoms in total. The predicted molar refractivity (Wildman–Crippen MR) is 82.0 cm³/mol. The molecular formula is C13H11LiN2O6S2. The van der Waals surface area contributed by atoms with E-state index in [-0.39, 0.29) is 23.8 Å². The molecule has 11 heteroatoms. The van der Waals surface area contributed by atoms with Crippen LogP contribution < -0.4 is 18.9 Å². The molecule has 2 aromatic rings. The maximum absolute atomic E-state index is 12.1. The average Bonchev–Trinajstić information content (AvgIpc) is 2.46. The van der Waals surface area contributed by atoms with E-state index in [0.717, 1.165) is 29.8 Å². The maximum Gasteiger partial charge on any atom is 1.00 e. The van der Waals surface area contributed by atoms with Crippen LogP contribution in [0.2, 0.25) is 0 Å². The molecule has 0 heterocycles. The summed E-state index contributed by atoms with van der Waals surface area (Å²) in [6, 6.07) is 9.49. The summed E-state index contributed by atoms with van der Waals surface area (Å²) in [5.41, 5.74) is 0.319. The van der Waals surface area contributed by atoms with E-state index in [1.165, 1.54) is 24.3 Å². The number of nitro benzene ring substituents is 1. The molecule has 0 spiro atoms. The largest absolute Gasteiger partial charge is 1.00 e. The van der Waals surface area contributed by atoms with E-state index in [0.29, 0.717) is 0 Å². The Hall–Kier alpha value is -1.70. The molecule has 0 saturated heterocycles. The van der Waals surface area contributed by atoms with Gasteiger partial charge in [-0.15, -0.1) is 0 Å². The minimum atomic E-state index is -4.60. The van der Waals surface area contributed by atoms with Crippen LogP contribution in [0.5, 0.6) is 0 Å². The fourth-order valence-electron chi connectivity index (χ4n) is 1.68. The summed E-state index contributed by atoms with van der Waals surface area (Å²) in [5, 5.41) is 10.7. The number of hydrogen-bond acceptors (Lipinski definition) is 6. The third-order valence-corrected chi connectivity index (χ3v) is 6.13. The molecule has 0 N–H and O–H groups in total. The summed E-state index contributed by atoms with van der Waals surface area (Å²) in [4.78, 5) is 9.05. The van der Waals surface area contributed by atoms with E-state index in [4.69, 9.17) is 0 Å². The Labute approximate surface area is 151 Å². The molecule has 0 amide bonds. The molecule has 122 valence electrons. The first-order valence-corrected chi connectivity index (χ1v) is 9.05. The normalized spacial score (nSPS) is 11.5. The number of nitro groups is 1. The molecule has 0 atom stereocenters. The first-order chi connectivity index (χ1) is 10.6. The molecule has 0 saturated carbocycles. The van der Waals surface area contributed by atoms with E-state index in [9.17, 15) is 26.9 Å². The fourth-order valence-corrected chi connectivity index (χ4v) is 4.41. The van der Waals surface area contributed by atoms with Crippen LogP contribution >= 0.6 is 0 Å².